The molecule has 2 nitrogen and oxygen atoms in total. The smallest absolute Gasteiger partial charge is 0.145 e. The number of nitrogens with zero attached hydrogens (tertiary/aromatic N) is 1. The minimum Gasteiger partial charge on any atom is -0.480 e. The molecule has 20 heavy (non-hydrogen) atoms. The summed E-state index contributed by atoms with van der Waals surface area (Å²) in [5.74, 6) is 1.78. The van der Waals surface area contributed by atoms with Gasteiger partial charge in [-0.25, -0.2) is 0 Å². The Kier molecular flexibility index (Phi) is 2.50. The summed E-state index contributed by atoms with van der Waals surface area (Å²) >= 11 is 0. The van der Waals surface area contributed by atoms with Crippen molar-refractivity contribution in [2.24, 2.45) is 11.8 Å². The quantitative estimate of drug-likeness (QED) is 0.661. The van der Waals surface area contributed by atoms with E-state index in [4.69, 9.17) is 4.74 Å². The predicted octanol–water partition coefficient (Wildman–Crippen LogP) is 4.08. The van der Waals surface area contributed by atoms with Crippen LogP contribution in [0.2, 0.25) is 0 Å². The molecule has 3 atom stereocenters. The lowest BCUT2D eigenvalue weighted by Gasteiger charge is -2.50. The highest BCUT2D eigenvalue weighted by Gasteiger charge is 2.49. The molecule has 2 heteroatoms. The highest BCUT2D eigenvalue weighted by molar-refractivity contribution is 5.66. The Balaban J connectivity index is 1.84. The van der Waals surface area contributed by atoms with Crippen molar-refractivity contribution >= 4 is 6.08 Å². The van der Waals surface area contributed by atoms with Crippen molar-refractivity contribution in [2.45, 2.75) is 31.3 Å². The van der Waals surface area contributed by atoms with E-state index >= 15 is 0 Å². The van der Waals surface area contributed by atoms with Gasteiger partial charge < -0.3 is 4.74 Å². The van der Waals surface area contributed by atoms with Gasteiger partial charge in [0.1, 0.15) is 17.4 Å². The first-order chi connectivity index (χ1) is 9.83. The van der Waals surface area contributed by atoms with Crippen LogP contribution in [0.4, 0.5) is 0 Å². The van der Waals surface area contributed by atoms with Gasteiger partial charge in [0.15, 0.2) is 0 Å². The van der Waals surface area contributed by atoms with Crippen LogP contribution in [0, 0.1) is 23.2 Å². The highest BCUT2D eigenvalue weighted by Crippen LogP contribution is 2.50. The van der Waals surface area contributed by atoms with Crippen molar-refractivity contribution in [3.63, 3.8) is 0 Å². The third-order valence-corrected chi connectivity index (χ3v) is 5.04. The van der Waals surface area contributed by atoms with Crippen molar-refractivity contribution in [3.8, 4) is 11.8 Å². The molecule has 1 aliphatic heterocycles. The van der Waals surface area contributed by atoms with Crippen LogP contribution in [-0.2, 0) is 0 Å². The second-order valence-corrected chi connectivity index (χ2v) is 6.02. The zero-order chi connectivity index (χ0) is 13.6. The summed E-state index contributed by atoms with van der Waals surface area (Å²) in [5, 5.41) is 9.32. The second kappa shape index (κ2) is 4.24. The van der Waals surface area contributed by atoms with Gasteiger partial charge in [0.2, 0.25) is 0 Å². The fourth-order valence-corrected chi connectivity index (χ4v) is 4.03. The molecule has 2 aliphatic carbocycles. The van der Waals surface area contributed by atoms with Crippen LogP contribution in [0.15, 0.2) is 36.4 Å². The van der Waals surface area contributed by atoms with Gasteiger partial charge in [-0.05, 0) is 31.4 Å². The third-order valence-electron chi connectivity index (χ3n) is 5.04. The molecular weight excluding hydrogens is 246 g/mol. The van der Waals surface area contributed by atoms with Gasteiger partial charge in [-0.1, -0.05) is 36.8 Å². The lowest BCUT2D eigenvalue weighted by molar-refractivity contribution is -0.0203. The molecule has 3 unspecified atom stereocenters. The van der Waals surface area contributed by atoms with Gasteiger partial charge in [-0.3, -0.25) is 0 Å². The zero-order valence-corrected chi connectivity index (χ0v) is 11.4. The number of nitriles is 1. The van der Waals surface area contributed by atoms with E-state index in [1.165, 1.54) is 19.3 Å². The average Bonchev–Trinajstić information content (AvgIpc) is 2.46. The molecule has 1 heterocycles. The maximum Gasteiger partial charge on any atom is 0.145 e. The molecule has 1 spiro atoms. The number of para-hydroxylation sites is 1. The van der Waals surface area contributed by atoms with E-state index in [0.717, 1.165) is 17.7 Å². The number of hydrogen-bond acceptors (Lipinski definition) is 2. The van der Waals surface area contributed by atoms with E-state index in [1.54, 1.807) is 0 Å². The largest absolute Gasteiger partial charge is 0.480 e. The molecule has 2 bridgehead atoms. The second-order valence-electron chi connectivity index (χ2n) is 6.02. The Hall–Kier alpha value is -2.01. The van der Waals surface area contributed by atoms with Crippen LogP contribution >= 0.6 is 0 Å². The first-order valence-corrected chi connectivity index (χ1v) is 7.41. The van der Waals surface area contributed by atoms with Gasteiger partial charge in [0, 0.05) is 17.4 Å². The van der Waals surface area contributed by atoms with Crippen molar-refractivity contribution < 1.29 is 4.74 Å². The van der Waals surface area contributed by atoms with Crippen LogP contribution < -0.4 is 4.74 Å². The van der Waals surface area contributed by atoms with E-state index in [2.05, 4.69) is 30.4 Å². The van der Waals surface area contributed by atoms with Gasteiger partial charge in [0.25, 0.3) is 0 Å². The number of hydrogen-bond donors (Lipinski definition) is 0. The van der Waals surface area contributed by atoms with E-state index in [9.17, 15) is 5.26 Å². The van der Waals surface area contributed by atoms with Crippen LogP contribution in [0.1, 0.15) is 36.8 Å². The molecule has 0 saturated heterocycles. The Morgan fingerprint density at radius 1 is 1.30 bits per heavy atom. The standard InChI is InChI=1S/C18H17NO/c19-12-14-5-1-4-13-10-11-18(20-17(13)14)15-6-2-7-16(18)9-3-8-15/h1-2,4-6,10-11,15-16H,3,7-9H2. The summed E-state index contributed by atoms with van der Waals surface area (Å²) in [6.07, 6.45) is 13.8. The van der Waals surface area contributed by atoms with Crippen molar-refractivity contribution in [1.29, 1.82) is 5.26 Å². The topological polar surface area (TPSA) is 33.0 Å². The van der Waals surface area contributed by atoms with Gasteiger partial charge in [0.05, 0.1) is 5.56 Å². The molecule has 1 fully saturated rings. The molecule has 0 amide bonds. The van der Waals surface area contributed by atoms with E-state index in [0.29, 0.717) is 17.4 Å². The summed E-state index contributed by atoms with van der Waals surface area (Å²) in [7, 11) is 0. The van der Waals surface area contributed by atoms with E-state index in [-0.39, 0.29) is 5.60 Å². The SMILES string of the molecule is N#Cc1cccc2c1OC1(C=C2)C2C=CCC1CCC2. The zero-order valence-electron chi connectivity index (χ0n) is 11.4. The van der Waals surface area contributed by atoms with Gasteiger partial charge in [-0.15, -0.1) is 0 Å². The number of fused-ring (bicyclic) bond motifs is 1. The summed E-state index contributed by atoms with van der Waals surface area (Å²) < 4.78 is 6.49. The van der Waals surface area contributed by atoms with E-state index < -0.39 is 0 Å². The third kappa shape index (κ3) is 1.50. The normalized spacial score (nSPS) is 33.4. The molecule has 0 radical (unpaired) electrons. The van der Waals surface area contributed by atoms with Crippen molar-refractivity contribution in [2.75, 3.05) is 0 Å². The number of benzene rings is 1. The molecule has 3 aliphatic rings. The van der Waals surface area contributed by atoms with Crippen LogP contribution in [-0.4, -0.2) is 5.60 Å². The minimum atomic E-state index is -0.215. The summed E-state index contributed by atoms with van der Waals surface area (Å²) in [4.78, 5) is 0. The molecule has 1 saturated carbocycles. The number of rotatable bonds is 0. The average molecular weight is 263 g/mol. The lowest BCUT2D eigenvalue weighted by Crippen LogP contribution is -2.52. The van der Waals surface area contributed by atoms with Crippen LogP contribution in [0.25, 0.3) is 6.08 Å². The maximum absolute atomic E-state index is 9.32. The van der Waals surface area contributed by atoms with Crippen LogP contribution in [0.5, 0.6) is 5.75 Å². The number of ether oxygens (including phenoxy) is 1. The summed E-state index contributed by atoms with van der Waals surface area (Å²) in [6, 6.07) is 8.06. The Labute approximate surface area is 119 Å². The molecule has 1 aromatic rings. The first-order valence-electron chi connectivity index (χ1n) is 7.41. The molecular formula is C18H17NO. The number of allylic oxidation sites excluding steroid dienone is 1. The highest BCUT2D eigenvalue weighted by atomic mass is 16.5. The molecule has 0 N–H and O–H groups in total. The van der Waals surface area contributed by atoms with Crippen LogP contribution in [0.3, 0.4) is 0 Å². The predicted molar refractivity (Wildman–Crippen MR) is 78.1 cm³/mol. The Bertz CT molecular complexity index is 652. The van der Waals surface area contributed by atoms with Crippen molar-refractivity contribution in [3.05, 3.63) is 47.6 Å². The Morgan fingerprint density at radius 3 is 3.10 bits per heavy atom. The Morgan fingerprint density at radius 2 is 2.25 bits per heavy atom. The lowest BCUT2D eigenvalue weighted by atomic mass is 9.63. The fourth-order valence-electron chi connectivity index (χ4n) is 4.03. The molecule has 100 valence electrons. The fraction of sp³-hybridized carbons (Fsp3) is 0.389. The van der Waals surface area contributed by atoms with E-state index in [1.807, 2.05) is 18.2 Å². The summed E-state index contributed by atoms with van der Waals surface area (Å²) in [6.45, 7) is 0. The first kappa shape index (κ1) is 11.8. The molecule has 0 aromatic heterocycles. The molecule has 1 aromatic carbocycles. The molecule has 4 rings (SSSR count). The summed E-state index contributed by atoms with van der Waals surface area (Å²) in [5.41, 5.74) is 1.47. The van der Waals surface area contributed by atoms with Crippen molar-refractivity contribution in [1.82, 2.24) is 0 Å². The van der Waals surface area contributed by atoms with Gasteiger partial charge >= 0.3 is 0 Å². The monoisotopic (exact) mass is 263 g/mol. The van der Waals surface area contributed by atoms with Gasteiger partial charge in [-0.2, -0.15) is 5.26 Å². The maximum atomic E-state index is 9.32. The minimum absolute atomic E-state index is 0.215.